The molecule has 2 aromatic carbocycles. The minimum Gasteiger partial charge on any atom is -0.288 e. The highest BCUT2D eigenvalue weighted by Crippen LogP contribution is 2.33. The number of nitrogens with zero attached hydrogens (tertiary/aromatic N) is 3. The smallest absolute Gasteiger partial charge is 0.269 e. The van der Waals surface area contributed by atoms with Gasteiger partial charge in [-0.2, -0.15) is 0 Å². The summed E-state index contributed by atoms with van der Waals surface area (Å²) in [5, 5.41) is 22.6. The van der Waals surface area contributed by atoms with E-state index in [1.165, 1.54) is 17.2 Å². The highest BCUT2D eigenvalue weighted by atomic mass is 16.6. The molecule has 0 saturated heterocycles. The third-order valence-corrected chi connectivity index (χ3v) is 4.74. The zero-order valence-corrected chi connectivity index (χ0v) is 14.3. The molecule has 0 aromatic heterocycles. The number of hydrogen-bond acceptors (Lipinski definition) is 5. The number of nitro groups is 1. The first-order valence-electron chi connectivity index (χ1n) is 8.25. The predicted octanol–water partition coefficient (Wildman–Crippen LogP) is 4.22. The molecule has 1 heterocycles. The van der Waals surface area contributed by atoms with Gasteiger partial charge in [-0.05, 0) is 44.4 Å². The largest absolute Gasteiger partial charge is 0.288 e. The average Bonchev–Trinajstić information content (AvgIpc) is 3.13. The zero-order chi connectivity index (χ0) is 18.0. The highest BCUT2D eigenvalue weighted by molar-refractivity contribution is 6.01. The van der Waals surface area contributed by atoms with Crippen LogP contribution in [0.15, 0.2) is 59.6 Å². The molecule has 1 unspecified atom stereocenters. The van der Waals surface area contributed by atoms with E-state index in [0.29, 0.717) is 5.69 Å². The van der Waals surface area contributed by atoms with Gasteiger partial charge in [-0.3, -0.25) is 20.3 Å². The average molecular weight is 339 g/mol. The van der Waals surface area contributed by atoms with Gasteiger partial charge in [0.25, 0.3) is 5.69 Å². The highest BCUT2D eigenvalue weighted by Gasteiger charge is 2.38. The molecule has 6 heteroatoms. The minimum atomic E-state index is -0.632. The van der Waals surface area contributed by atoms with Gasteiger partial charge in [0.05, 0.1) is 22.2 Å². The molecule has 130 valence electrons. The minimum absolute atomic E-state index is 0.000192. The van der Waals surface area contributed by atoms with Crippen LogP contribution in [0.4, 0.5) is 11.4 Å². The Morgan fingerprint density at radius 2 is 1.80 bits per heavy atom. The summed E-state index contributed by atoms with van der Waals surface area (Å²) in [6.45, 7) is 3.85. The second kappa shape index (κ2) is 6.64. The van der Waals surface area contributed by atoms with E-state index in [1.807, 2.05) is 44.2 Å². The number of nitro benzene ring substituents is 1. The van der Waals surface area contributed by atoms with E-state index in [2.05, 4.69) is 0 Å². The van der Waals surface area contributed by atoms with E-state index >= 15 is 0 Å². The van der Waals surface area contributed by atoms with Crippen LogP contribution in [0.1, 0.15) is 32.3 Å². The lowest BCUT2D eigenvalue weighted by molar-refractivity contribution is -0.384. The van der Waals surface area contributed by atoms with E-state index in [1.54, 1.807) is 12.1 Å². The van der Waals surface area contributed by atoms with Crippen LogP contribution in [0.5, 0.6) is 0 Å². The van der Waals surface area contributed by atoms with Gasteiger partial charge in [0.15, 0.2) is 0 Å². The summed E-state index contributed by atoms with van der Waals surface area (Å²) < 4.78 is 0. The monoisotopic (exact) mass is 339 g/mol. The van der Waals surface area contributed by atoms with Crippen molar-refractivity contribution in [3.8, 4) is 0 Å². The summed E-state index contributed by atoms with van der Waals surface area (Å²) in [6.07, 6.45) is 1.72. The molecule has 1 atom stereocenters. The fraction of sp³-hybridized carbons (Fsp3) is 0.316. The Balaban J connectivity index is 1.81. The maximum atomic E-state index is 10.8. The first-order valence-corrected chi connectivity index (χ1v) is 8.25. The zero-order valence-electron chi connectivity index (χ0n) is 14.3. The SMILES string of the molecule is CC(C)(C1CCC(c2ccccc2)=N1)N(O)c1ccc([N+](=O)[O-])cc1. The standard InChI is InChI=1S/C19H21N3O3/c1-19(2,21(23)15-8-10-16(11-9-15)22(24)25)18-13-12-17(20-18)14-6-4-3-5-7-14/h3-11,18,23H,12-13H2,1-2H3. The van der Waals surface area contributed by atoms with E-state index in [4.69, 9.17) is 4.99 Å². The van der Waals surface area contributed by atoms with Crippen LogP contribution in [0.3, 0.4) is 0 Å². The quantitative estimate of drug-likeness (QED) is 0.653. The second-order valence-electron chi connectivity index (χ2n) is 6.74. The van der Waals surface area contributed by atoms with Gasteiger partial charge in [-0.1, -0.05) is 30.3 Å². The molecule has 0 aliphatic carbocycles. The van der Waals surface area contributed by atoms with Gasteiger partial charge >= 0.3 is 0 Å². The lowest BCUT2D eigenvalue weighted by Crippen LogP contribution is -2.49. The topological polar surface area (TPSA) is 79.0 Å². The van der Waals surface area contributed by atoms with Crippen molar-refractivity contribution in [3.05, 3.63) is 70.3 Å². The van der Waals surface area contributed by atoms with Crippen molar-refractivity contribution in [1.29, 1.82) is 0 Å². The van der Waals surface area contributed by atoms with E-state index in [-0.39, 0.29) is 11.7 Å². The lowest BCUT2D eigenvalue weighted by atomic mass is 9.91. The Morgan fingerprint density at radius 3 is 2.40 bits per heavy atom. The normalized spacial score (nSPS) is 17.2. The van der Waals surface area contributed by atoms with Gasteiger partial charge in [-0.25, -0.2) is 5.06 Å². The van der Waals surface area contributed by atoms with Crippen molar-refractivity contribution < 1.29 is 10.1 Å². The van der Waals surface area contributed by atoms with Crippen molar-refractivity contribution >= 4 is 17.1 Å². The number of benzene rings is 2. The van der Waals surface area contributed by atoms with Crippen LogP contribution < -0.4 is 5.06 Å². The van der Waals surface area contributed by atoms with E-state index in [9.17, 15) is 15.3 Å². The Kier molecular flexibility index (Phi) is 4.55. The maximum absolute atomic E-state index is 10.8. The number of anilines is 1. The fourth-order valence-corrected chi connectivity index (χ4v) is 3.14. The molecule has 0 amide bonds. The molecule has 0 saturated carbocycles. The molecule has 3 rings (SSSR count). The number of non-ortho nitro benzene ring substituents is 1. The van der Waals surface area contributed by atoms with Crippen LogP contribution in [0.2, 0.25) is 0 Å². The summed E-state index contributed by atoms with van der Waals surface area (Å²) in [4.78, 5) is 15.1. The van der Waals surface area contributed by atoms with Gasteiger partial charge in [0.2, 0.25) is 0 Å². The summed E-state index contributed by atoms with van der Waals surface area (Å²) in [5.74, 6) is 0. The van der Waals surface area contributed by atoms with Gasteiger partial charge in [0, 0.05) is 17.8 Å². The van der Waals surface area contributed by atoms with Gasteiger partial charge < -0.3 is 0 Å². The Hall–Kier alpha value is -2.73. The molecule has 1 aliphatic heterocycles. The molecule has 0 fully saturated rings. The third kappa shape index (κ3) is 3.39. The second-order valence-corrected chi connectivity index (χ2v) is 6.74. The lowest BCUT2D eigenvalue weighted by Gasteiger charge is -2.38. The number of hydrogen-bond donors (Lipinski definition) is 1. The van der Waals surface area contributed by atoms with Crippen molar-refractivity contribution in [1.82, 2.24) is 0 Å². The molecule has 0 radical (unpaired) electrons. The van der Waals surface area contributed by atoms with Crippen molar-refractivity contribution in [2.45, 2.75) is 38.3 Å². The number of hydroxylamine groups is 1. The third-order valence-electron chi connectivity index (χ3n) is 4.74. The first-order chi connectivity index (χ1) is 11.9. The van der Waals surface area contributed by atoms with Crippen molar-refractivity contribution in [2.24, 2.45) is 4.99 Å². The molecular formula is C19H21N3O3. The van der Waals surface area contributed by atoms with Crippen LogP contribution in [-0.4, -0.2) is 27.4 Å². The van der Waals surface area contributed by atoms with E-state index < -0.39 is 10.5 Å². The Bertz CT molecular complexity index is 785. The number of aliphatic imine (C=N–C) groups is 1. The predicted molar refractivity (Wildman–Crippen MR) is 97.4 cm³/mol. The van der Waals surface area contributed by atoms with Gasteiger partial charge in [-0.15, -0.1) is 0 Å². The summed E-state index contributed by atoms with van der Waals surface area (Å²) in [7, 11) is 0. The van der Waals surface area contributed by atoms with Crippen molar-refractivity contribution in [2.75, 3.05) is 5.06 Å². The number of rotatable bonds is 5. The summed E-state index contributed by atoms with van der Waals surface area (Å²) in [6, 6.07) is 15.9. The van der Waals surface area contributed by atoms with Crippen LogP contribution in [0, 0.1) is 10.1 Å². The maximum Gasteiger partial charge on any atom is 0.269 e. The molecule has 0 bridgehead atoms. The Labute approximate surface area is 146 Å². The summed E-state index contributed by atoms with van der Waals surface area (Å²) in [5.41, 5.74) is 2.04. The Morgan fingerprint density at radius 1 is 1.16 bits per heavy atom. The molecule has 6 nitrogen and oxygen atoms in total. The first kappa shape index (κ1) is 17.1. The molecular weight excluding hydrogens is 318 g/mol. The van der Waals surface area contributed by atoms with Crippen molar-refractivity contribution in [3.63, 3.8) is 0 Å². The van der Waals surface area contributed by atoms with E-state index in [0.717, 1.165) is 24.1 Å². The summed E-state index contributed by atoms with van der Waals surface area (Å²) >= 11 is 0. The van der Waals surface area contributed by atoms with Crippen LogP contribution in [-0.2, 0) is 0 Å². The fourth-order valence-electron chi connectivity index (χ4n) is 3.14. The molecule has 0 spiro atoms. The van der Waals surface area contributed by atoms with Crippen LogP contribution in [0.25, 0.3) is 0 Å². The van der Waals surface area contributed by atoms with Crippen LogP contribution >= 0.6 is 0 Å². The molecule has 1 N–H and O–H groups in total. The molecule has 1 aliphatic rings. The van der Waals surface area contributed by atoms with Gasteiger partial charge in [0.1, 0.15) is 0 Å². The molecule has 2 aromatic rings. The molecule has 25 heavy (non-hydrogen) atoms.